The van der Waals surface area contributed by atoms with Gasteiger partial charge in [0.15, 0.2) is 10.6 Å². The fourth-order valence-electron chi connectivity index (χ4n) is 2.43. The molecule has 0 saturated carbocycles. The summed E-state index contributed by atoms with van der Waals surface area (Å²) >= 11 is 5.48. The fourth-order valence-corrected chi connectivity index (χ4v) is 2.61. The van der Waals surface area contributed by atoms with Gasteiger partial charge in [-0.25, -0.2) is 4.68 Å². The van der Waals surface area contributed by atoms with Gasteiger partial charge in [0.2, 0.25) is 5.91 Å². The molecule has 6 nitrogen and oxygen atoms in total. The first kappa shape index (κ1) is 18.4. The van der Waals surface area contributed by atoms with Gasteiger partial charge in [0.25, 0.3) is 0 Å². The van der Waals surface area contributed by atoms with Gasteiger partial charge in [-0.1, -0.05) is 29.8 Å². The molecule has 0 unspecified atom stereocenters. The van der Waals surface area contributed by atoms with Crippen LogP contribution < -0.4 is 5.32 Å². The monoisotopic (exact) mass is 347 g/mol. The molecule has 2 aromatic rings. The van der Waals surface area contributed by atoms with Crippen LogP contribution in [-0.4, -0.2) is 44.8 Å². The summed E-state index contributed by atoms with van der Waals surface area (Å²) in [6, 6.07) is 8.32. The molecule has 1 aromatic carbocycles. The number of carbonyl (C=O) groups is 1. The lowest BCUT2D eigenvalue weighted by atomic mass is 10.1. The smallest absolute Gasteiger partial charge is 0.234 e. The van der Waals surface area contributed by atoms with Crippen molar-refractivity contribution >= 4 is 18.1 Å². The number of aryl methyl sites for hydroxylation is 1. The molecular formula is C17H25N5OS. The predicted octanol–water partition coefficient (Wildman–Crippen LogP) is 2.34. The molecule has 0 bridgehead atoms. The highest BCUT2D eigenvalue weighted by Crippen LogP contribution is 2.18. The Morgan fingerprint density at radius 2 is 1.96 bits per heavy atom. The minimum absolute atomic E-state index is 0.00583. The Morgan fingerprint density at radius 3 is 2.54 bits per heavy atom. The molecule has 1 heterocycles. The Hall–Kier alpha value is -1.99. The molecule has 1 aromatic heterocycles. The first-order chi connectivity index (χ1) is 11.3. The second kappa shape index (κ2) is 7.72. The zero-order valence-electron chi connectivity index (χ0n) is 14.9. The molecule has 0 aliphatic heterocycles. The van der Waals surface area contributed by atoms with Crippen LogP contribution in [0.1, 0.15) is 19.4 Å². The van der Waals surface area contributed by atoms with Crippen LogP contribution in [0.4, 0.5) is 0 Å². The third kappa shape index (κ3) is 4.52. The Kier molecular flexibility index (Phi) is 5.90. The molecule has 0 fully saturated rings. The van der Waals surface area contributed by atoms with Crippen LogP contribution in [0.5, 0.6) is 0 Å². The summed E-state index contributed by atoms with van der Waals surface area (Å²) < 4.78 is 4.26. The van der Waals surface area contributed by atoms with E-state index in [4.69, 9.17) is 12.2 Å². The molecular weight excluding hydrogens is 322 g/mol. The van der Waals surface area contributed by atoms with Crippen molar-refractivity contribution < 1.29 is 4.79 Å². The van der Waals surface area contributed by atoms with Crippen molar-refractivity contribution in [3.8, 4) is 11.4 Å². The molecule has 1 amide bonds. The lowest BCUT2D eigenvalue weighted by Gasteiger charge is -2.17. The number of carbonyl (C=O) groups excluding carboxylic acids is 1. The topological polar surface area (TPSA) is 55.1 Å². The first-order valence-corrected chi connectivity index (χ1v) is 8.37. The van der Waals surface area contributed by atoms with E-state index in [1.165, 1.54) is 5.56 Å². The number of benzene rings is 1. The van der Waals surface area contributed by atoms with Crippen molar-refractivity contribution in [1.29, 1.82) is 0 Å². The number of hydrogen-bond acceptors (Lipinski definition) is 4. The summed E-state index contributed by atoms with van der Waals surface area (Å²) in [5, 5.41) is 7.50. The van der Waals surface area contributed by atoms with Gasteiger partial charge in [0.05, 0.1) is 13.2 Å². The molecule has 130 valence electrons. The average Bonchev–Trinajstić information content (AvgIpc) is 2.75. The van der Waals surface area contributed by atoms with Crippen LogP contribution in [0.3, 0.4) is 0 Å². The van der Waals surface area contributed by atoms with Crippen molar-refractivity contribution in [3.63, 3.8) is 0 Å². The molecule has 2 rings (SSSR count). The Bertz CT molecular complexity index is 760. The summed E-state index contributed by atoms with van der Waals surface area (Å²) in [6.07, 6.45) is 0. The second-order valence-electron chi connectivity index (χ2n) is 6.41. The zero-order chi connectivity index (χ0) is 17.9. The highest BCUT2D eigenvalue weighted by atomic mass is 32.1. The normalized spacial score (nSPS) is 11.3. The third-order valence-corrected chi connectivity index (χ3v) is 4.07. The highest BCUT2D eigenvalue weighted by Gasteiger charge is 2.13. The van der Waals surface area contributed by atoms with E-state index in [0.717, 1.165) is 11.4 Å². The number of nitrogens with zero attached hydrogens (tertiary/aromatic N) is 4. The fraction of sp³-hybridized carbons (Fsp3) is 0.471. The van der Waals surface area contributed by atoms with Crippen molar-refractivity contribution in [3.05, 3.63) is 34.6 Å². The van der Waals surface area contributed by atoms with Crippen molar-refractivity contribution in [2.75, 3.05) is 13.6 Å². The van der Waals surface area contributed by atoms with Crippen molar-refractivity contribution in [1.82, 2.24) is 24.6 Å². The molecule has 0 saturated heterocycles. The molecule has 0 radical (unpaired) electrons. The van der Waals surface area contributed by atoms with Gasteiger partial charge in [-0.15, -0.1) is 0 Å². The second-order valence-corrected chi connectivity index (χ2v) is 6.77. The van der Waals surface area contributed by atoms with Crippen LogP contribution >= 0.6 is 12.2 Å². The minimum Gasteiger partial charge on any atom is -0.353 e. The van der Waals surface area contributed by atoms with E-state index in [1.807, 2.05) is 49.5 Å². The number of rotatable bonds is 6. The van der Waals surface area contributed by atoms with E-state index in [2.05, 4.69) is 29.5 Å². The van der Waals surface area contributed by atoms with Crippen LogP contribution in [0.25, 0.3) is 11.4 Å². The van der Waals surface area contributed by atoms with Crippen LogP contribution in [-0.2, 0) is 18.5 Å². The summed E-state index contributed by atoms with van der Waals surface area (Å²) in [4.78, 5) is 13.7. The quantitative estimate of drug-likeness (QED) is 0.815. The summed E-state index contributed by atoms with van der Waals surface area (Å²) in [7, 11) is 3.79. The van der Waals surface area contributed by atoms with E-state index in [9.17, 15) is 4.79 Å². The number of aromatic nitrogens is 3. The molecule has 1 N–H and O–H groups in total. The number of hydrogen-bond donors (Lipinski definition) is 1. The maximum absolute atomic E-state index is 11.9. The average molecular weight is 347 g/mol. The molecule has 0 aliphatic rings. The van der Waals surface area contributed by atoms with Gasteiger partial charge in [-0.05, 0) is 40.0 Å². The molecule has 0 aliphatic carbocycles. The van der Waals surface area contributed by atoms with Crippen molar-refractivity contribution in [2.45, 2.75) is 33.5 Å². The van der Waals surface area contributed by atoms with Crippen molar-refractivity contribution in [2.24, 2.45) is 7.05 Å². The van der Waals surface area contributed by atoms with Gasteiger partial charge < -0.3 is 9.88 Å². The minimum atomic E-state index is -0.00583. The maximum Gasteiger partial charge on any atom is 0.234 e. The Morgan fingerprint density at radius 1 is 1.33 bits per heavy atom. The van der Waals surface area contributed by atoms with Crippen LogP contribution in [0.15, 0.2) is 24.3 Å². The SMILES string of the molecule is Cc1ccc(-c2nn(CN(C)CC(=O)NC(C)C)c(=S)n2C)cc1. The lowest BCUT2D eigenvalue weighted by molar-refractivity contribution is -0.122. The van der Waals surface area contributed by atoms with Crippen LogP contribution in [0, 0.1) is 11.7 Å². The van der Waals surface area contributed by atoms with Gasteiger partial charge in [0.1, 0.15) is 0 Å². The number of nitrogens with one attached hydrogen (secondary N) is 1. The van der Waals surface area contributed by atoms with E-state index in [0.29, 0.717) is 18.0 Å². The number of amides is 1. The first-order valence-electron chi connectivity index (χ1n) is 7.96. The highest BCUT2D eigenvalue weighted by molar-refractivity contribution is 7.71. The predicted molar refractivity (Wildman–Crippen MR) is 98.1 cm³/mol. The van der Waals surface area contributed by atoms with Gasteiger partial charge in [-0.2, -0.15) is 5.10 Å². The summed E-state index contributed by atoms with van der Waals surface area (Å²) in [5.41, 5.74) is 2.23. The van der Waals surface area contributed by atoms with E-state index in [-0.39, 0.29) is 11.9 Å². The Balaban J connectivity index is 2.14. The lowest BCUT2D eigenvalue weighted by Crippen LogP contribution is -2.39. The standard InChI is InChI=1S/C17H25N5OS/c1-12(2)18-15(23)10-20(4)11-22-17(24)21(5)16(19-22)14-8-6-13(3)7-9-14/h6-9,12H,10-11H2,1-5H3,(H,18,23). The third-order valence-electron chi connectivity index (χ3n) is 3.59. The molecule has 0 spiro atoms. The summed E-state index contributed by atoms with van der Waals surface area (Å²) in [5.74, 6) is 0.814. The van der Waals surface area contributed by atoms with Gasteiger partial charge in [0, 0.05) is 18.7 Å². The summed E-state index contributed by atoms with van der Waals surface area (Å²) in [6.45, 7) is 6.71. The van der Waals surface area contributed by atoms with E-state index < -0.39 is 0 Å². The van der Waals surface area contributed by atoms with Gasteiger partial charge in [-0.3, -0.25) is 9.69 Å². The zero-order valence-corrected chi connectivity index (χ0v) is 15.7. The maximum atomic E-state index is 11.9. The Labute approximate surface area is 148 Å². The molecule has 7 heteroatoms. The van der Waals surface area contributed by atoms with E-state index >= 15 is 0 Å². The van der Waals surface area contributed by atoms with Crippen LogP contribution in [0.2, 0.25) is 0 Å². The molecule has 24 heavy (non-hydrogen) atoms. The largest absolute Gasteiger partial charge is 0.353 e. The number of likely N-dealkylation sites (N-methyl/N-ethyl adjacent to an activating group) is 1. The molecule has 0 atom stereocenters. The van der Waals surface area contributed by atoms with E-state index in [1.54, 1.807) is 4.68 Å². The van der Waals surface area contributed by atoms with Gasteiger partial charge >= 0.3 is 0 Å².